The first-order valence-corrected chi connectivity index (χ1v) is 7.74. The molecule has 0 unspecified atom stereocenters. The van der Waals surface area contributed by atoms with Crippen molar-refractivity contribution in [1.82, 2.24) is 0 Å². The smallest absolute Gasteiger partial charge is 0.0642 e. The van der Waals surface area contributed by atoms with E-state index in [0.717, 1.165) is 23.9 Å². The van der Waals surface area contributed by atoms with Crippen LogP contribution in [0, 0.1) is 5.92 Å². The van der Waals surface area contributed by atoms with Gasteiger partial charge in [0.1, 0.15) is 0 Å². The van der Waals surface area contributed by atoms with Crippen molar-refractivity contribution >= 4 is 17.3 Å². The van der Waals surface area contributed by atoms with Crippen LogP contribution in [0.2, 0.25) is 5.02 Å². The van der Waals surface area contributed by atoms with Gasteiger partial charge < -0.3 is 10.6 Å². The number of benzene rings is 1. The molecule has 1 saturated carbocycles. The van der Waals surface area contributed by atoms with Crippen molar-refractivity contribution in [2.75, 3.05) is 18.0 Å². The summed E-state index contributed by atoms with van der Waals surface area (Å²) < 4.78 is 0. The molecule has 1 aliphatic carbocycles. The molecule has 19 heavy (non-hydrogen) atoms. The molecule has 0 atom stereocenters. The van der Waals surface area contributed by atoms with Crippen LogP contribution in [0.4, 0.5) is 5.69 Å². The highest BCUT2D eigenvalue weighted by molar-refractivity contribution is 6.33. The Balaban J connectivity index is 2.12. The Labute approximate surface area is 121 Å². The number of nitrogens with two attached hydrogens (primary N) is 1. The lowest BCUT2D eigenvalue weighted by atomic mass is 10.1. The summed E-state index contributed by atoms with van der Waals surface area (Å²) in [6.45, 7) is 6.34. The topological polar surface area (TPSA) is 29.3 Å². The lowest BCUT2D eigenvalue weighted by Crippen LogP contribution is -2.28. The molecular formula is C16H25ClN2. The van der Waals surface area contributed by atoms with Gasteiger partial charge in [-0.3, -0.25) is 0 Å². The molecule has 1 aromatic rings. The van der Waals surface area contributed by atoms with Gasteiger partial charge >= 0.3 is 0 Å². The Morgan fingerprint density at radius 1 is 1.37 bits per heavy atom. The minimum Gasteiger partial charge on any atom is -0.367 e. The van der Waals surface area contributed by atoms with E-state index in [2.05, 4.69) is 36.9 Å². The van der Waals surface area contributed by atoms with E-state index >= 15 is 0 Å². The first-order chi connectivity index (χ1) is 9.11. The summed E-state index contributed by atoms with van der Waals surface area (Å²) in [6.07, 6.45) is 4.73. The van der Waals surface area contributed by atoms with Crippen LogP contribution in [-0.4, -0.2) is 19.1 Å². The summed E-state index contributed by atoms with van der Waals surface area (Å²) in [4.78, 5) is 2.49. The summed E-state index contributed by atoms with van der Waals surface area (Å²) in [5.74, 6) is 0.733. The van der Waals surface area contributed by atoms with Gasteiger partial charge in [-0.2, -0.15) is 0 Å². The maximum Gasteiger partial charge on any atom is 0.0642 e. The third-order valence-corrected chi connectivity index (χ3v) is 3.99. The number of hydrogen-bond acceptors (Lipinski definition) is 2. The third kappa shape index (κ3) is 4.12. The van der Waals surface area contributed by atoms with Crippen molar-refractivity contribution in [2.45, 2.75) is 45.6 Å². The third-order valence-electron chi connectivity index (χ3n) is 3.69. The molecule has 0 amide bonds. The van der Waals surface area contributed by atoms with Crippen LogP contribution in [0.3, 0.4) is 0 Å². The fraction of sp³-hybridized carbons (Fsp3) is 0.625. The first-order valence-electron chi connectivity index (χ1n) is 7.37. The van der Waals surface area contributed by atoms with Gasteiger partial charge in [-0.25, -0.2) is 0 Å². The molecule has 1 aromatic carbocycles. The zero-order valence-electron chi connectivity index (χ0n) is 12.0. The van der Waals surface area contributed by atoms with Crippen molar-refractivity contribution in [1.29, 1.82) is 0 Å². The van der Waals surface area contributed by atoms with E-state index in [0.29, 0.717) is 12.6 Å². The summed E-state index contributed by atoms with van der Waals surface area (Å²) in [6, 6.07) is 7.12. The Morgan fingerprint density at radius 2 is 2.11 bits per heavy atom. The van der Waals surface area contributed by atoms with Gasteiger partial charge in [-0.15, -0.1) is 0 Å². The molecule has 0 aliphatic heterocycles. The minimum atomic E-state index is 0.676. The van der Waals surface area contributed by atoms with Crippen molar-refractivity contribution in [3.8, 4) is 0 Å². The second kappa shape index (κ2) is 6.62. The van der Waals surface area contributed by atoms with Crippen LogP contribution >= 0.6 is 11.6 Å². The van der Waals surface area contributed by atoms with Crippen LogP contribution in [-0.2, 0) is 6.42 Å². The Kier molecular flexibility index (Phi) is 5.12. The van der Waals surface area contributed by atoms with E-state index in [4.69, 9.17) is 17.3 Å². The second-order valence-electron chi connectivity index (χ2n) is 5.93. The van der Waals surface area contributed by atoms with Gasteiger partial charge in [0.05, 0.1) is 10.7 Å². The summed E-state index contributed by atoms with van der Waals surface area (Å²) in [7, 11) is 0. The Morgan fingerprint density at radius 3 is 2.63 bits per heavy atom. The SMILES string of the molecule is CC(C)CCN(c1ccc(CCN)cc1Cl)C1CC1. The predicted molar refractivity (Wildman–Crippen MR) is 84.0 cm³/mol. The van der Waals surface area contributed by atoms with E-state index < -0.39 is 0 Å². The Bertz CT molecular complexity index is 413. The fourth-order valence-corrected chi connectivity index (χ4v) is 2.70. The molecule has 1 aliphatic rings. The number of nitrogens with zero attached hydrogens (tertiary/aromatic N) is 1. The number of halogens is 1. The summed E-state index contributed by atoms with van der Waals surface area (Å²) in [5, 5.41) is 0.876. The largest absolute Gasteiger partial charge is 0.367 e. The number of rotatable bonds is 7. The van der Waals surface area contributed by atoms with Crippen LogP contribution in [0.25, 0.3) is 0 Å². The van der Waals surface area contributed by atoms with Gasteiger partial charge in [0.15, 0.2) is 0 Å². The molecule has 2 nitrogen and oxygen atoms in total. The van der Waals surface area contributed by atoms with Gasteiger partial charge in [-0.05, 0) is 55.8 Å². The molecule has 1 fully saturated rings. The van der Waals surface area contributed by atoms with Crippen molar-refractivity contribution < 1.29 is 0 Å². The Hall–Kier alpha value is -0.730. The van der Waals surface area contributed by atoms with Crippen molar-refractivity contribution in [3.05, 3.63) is 28.8 Å². The molecule has 0 aromatic heterocycles. The normalized spacial score (nSPS) is 15.0. The van der Waals surface area contributed by atoms with E-state index in [9.17, 15) is 0 Å². The van der Waals surface area contributed by atoms with Gasteiger partial charge in [0.25, 0.3) is 0 Å². The lowest BCUT2D eigenvalue weighted by molar-refractivity contribution is 0.571. The van der Waals surface area contributed by atoms with Crippen LogP contribution in [0.5, 0.6) is 0 Å². The molecule has 0 spiro atoms. The first kappa shape index (κ1) is 14.7. The maximum absolute atomic E-state index is 6.46. The van der Waals surface area contributed by atoms with Crippen molar-refractivity contribution in [2.24, 2.45) is 11.7 Å². The molecule has 106 valence electrons. The molecule has 3 heteroatoms. The number of anilines is 1. The van der Waals surface area contributed by atoms with E-state index in [1.807, 2.05) is 0 Å². The van der Waals surface area contributed by atoms with Crippen molar-refractivity contribution in [3.63, 3.8) is 0 Å². The predicted octanol–water partition coefficient (Wildman–Crippen LogP) is 3.86. The second-order valence-corrected chi connectivity index (χ2v) is 6.34. The highest BCUT2D eigenvalue weighted by atomic mass is 35.5. The average Bonchev–Trinajstić information content (AvgIpc) is 3.16. The van der Waals surface area contributed by atoms with E-state index in [-0.39, 0.29) is 0 Å². The number of hydrogen-bond donors (Lipinski definition) is 1. The van der Waals surface area contributed by atoms with Gasteiger partial charge in [0, 0.05) is 12.6 Å². The van der Waals surface area contributed by atoms with Crippen LogP contribution < -0.4 is 10.6 Å². The lowest BCUT2D eigenvalue weighted by Gasteiger charge is -2.27. The molecule has 2 N–H and O–H groups in total. The quantitative estimate of drug-likeness (QED) is 0.822. The summed E-state index contributed by atoms with van der Waals surface area (Å²) >= 11 is 6.46. The summed E-state index contributed by atoms with van der Waals surface area (Å²) in [5.41, 5.74) is 8.03. The zero-order chi connectivity index (χ0) is 13.8. The molecule has 0 radical (unpaired) electrons. The van der Waals surface area contributed by atoms with Gasteiger partial charge in [0.2, 0.25) is 0 Å². The van der Waals surface area contributed by atoms with Gasteiger partial charge in [-0.1, -0.05) is 31.5 Å². The monoisotopic (exact) mass is 280 g/mol. The molecular weight excluding hydrogens is 256 g/mol. The molecule has 2 rings (SSSR count). The molecule has 0 saturated heterocycles. The fourth-order valence-electron chi connectivity index (χ4n) is 2.39. The average molecular weight is 281 g/mol. The molecule has 0 bridgehead atoms. The van der Waals surface area contributed by atoms with E-state index in [1.165, 1.54) is 30.5 Å². The standard InChI is InChI=1S/C16H25ClN2/c1-12(2)8-10-19(14-4-5-14)16-6-3-13(7-9-18)11-15(16)17/h3,6,11-12,14H,4-5,7-10,18H2,1-2H3. The zero-order valence-corrected chi connectivity index (χ0v) is 12.8. The molecule has 0 heterocycles. The maximum atomic E-state index is 6.46. The highest BCUT2D eigenvalue weighted by Gasteiger charge is 2.30. The van der Waals surface area contributed by atoms with Crippen LogP contribution in [0.1, 0.15) is 38.7 Å². The van der Waals surface area contributed by atoms with E-state index in [1.54, 1.807) is 0 Å². The minimum absolute atomic E-state index is 0.676. The highest BCUT2D eigenvalue weighted by Crippen LogP contribution is 2.36. The van der Waals surface area contributed by atoms with Crippen LogP contribution in [0.15, 0.2) is 18.2 Å².